The van der Waals surface area contributed by atoms with Crippen molar-refractivity contribution in [3.63, 3.8) is 0 Å². The second-order valence-corrected chi connectivity index (χ2v) is 13.6. The van der Waals surface area contributed by atoms with Gasteiger partial charge in [-0.15, -0.1) is 11.3 Å². The third-order valence-corrected chi connectivity index (χ3v) is 9.48. The monoisotopic (exact) mass is 643 g/mol. The first-order chi connectivity index (χ1) is 21.9. The van der Waals surface area contributed by atoms with Crippen molar-refractivity contribution >= 4 is 28.8 Å². The highest BCUT2D eigenvalue weighted by Crippen LogP contribution is 2.35. The van der Waals surface area contributed by atoms with Gasteiger partial charge in [-0.3, -0.25) is 14.6 Å². The molecule has 4 aromatic rings. The minimum atomic E-state index is -1.56. The molecule has 2 amide bonds. The van der Waals surface area contributed by atoms with Gasteiger partial charge in [0.2, 0.25) is 0 Å². The van der Waals surface area contributed by atoms with E-state index in [9.17, 15) is 19.1 Å². The van der Waals surface area contributed by atoms with Gasteiger partial charge in [0.1, 0.15) is 10.7 Å². The van der Waals surface area contributed by atoms with Gasteiger partial charge >= 0.3 is 0 Å². The number of anilines is 1. The Morgan fingerprint density at radius 2 is 1.87 bits per heavy atom. The van der Waals surface area contributed by atoms with Crippen molar-refractivity contribution in [2.24, 2.45) is 0 Å². The van der Waals surface area contributed by atoms with Gasteiger partial charge in [0.05, 0.1) is 30.1 Å². The molecule has 3 atom stereocenters. The number of hydrogen-bond donors (Lipinski definition) is 2. The maximum absolute atomic E-state index is 14.6. The van der Waals surface area contributed by atoms with Crippen molar-refractivity contribution in [1.82, 2.24) is 20.2 Å². The van der Waals surface area contributed by atoms with Crippen LogP contribution in [0, 0.1) is 13.8 Å². The molecule has 1 fully saturated rings. The number of carbonyl (C=O) groups excluding carboxylic acids is 2. The molecule has 1 aliphatic rings. The molecule has 1 saturated heterocycles. The van der Waals surface area contributed by atoms with Crippen LogP contribution in [-0.4, -0.2) is 64.1 Å². The molecular formula is C36H42FN5O3S. The third kappa shape index (κ3) is 7.97. The maximum atomic E-state index is 14.6. The zero-order valence-corrected chi connectivity index (χ0v) is 27.9. The van der Waals surface area contributed by atoms with Gasteiger partial charge in [-0.1, -0.05) is 30.3 Å². The molecule has 0 radical (unpaired) electrons. The number of hydrogen-bond acceptors (Lipinski definition) is 7. The van der Waals surface area contributed by atoms with Crippen LogP contribution in [0.5, 0.6) is 0 Å². The summed E-state index contributed by atoms with van der Waals surface area (Å²) in [5.41, 5.74) is 3.03. The Morgan fingerprint density at radius 1 is 1.13 bits per heavy atom. The van der Waals surface area contributed by atoms with E-state index in [4.69, 9.17) is 0 Å². The lowest BCUT2D eigenvalue weighted by molar-refractivity contribution is 0.0735. The molecule has 2 aromatic heterocycles. The fourth-order valence-corrected chi connectivity index (χ4v) is 6.82. The van der Waals surface area contributed by atoms with Crippen LogP contribution in [0.3, 0.4) is 0 Å². The van der Waals surface area contributed by atoms with Gasteiger partial charge in [0.15, 0.2) is 0 Å². The third-order valence-electron chi connectivity index (χ3n) is 8.41. The Balaban J connectivity index is 1.35. The molecule has 0 unspecified atom stereocenters. The molecule has 0 bridgehead atoms. The molecule has 0 spiro atoms. The van der Waals surface area contributed by atoms with Crippen LogP contribution in [0.25, 0.3) is 0 Å². The summed E-state index contributed by atoms with van der Waals surface area (Å²) in [4.78, 5) is 40.0. The first-order valence-electron chi connectivity index (χ1n) is 15.6. The van der Waals surface area contributed by atoms with Crippen molar-refractivity contribution in [1.29, 1.82) is 0 Å². The average Bonchev–Trinajstić information content (AvgIpc) is 3.69. The number of aliphatic hydroxyl groups is 1. The number of likely N-dealkylation sites (N-methyl/N-ethyl adjacent to an activating group) is 1. The Labute approximate surface area is 274 Å². The number of aliphatic hydroxyl groups excluding tert-OH is 1. The molecule has 2 aromatic carbocycles. The zero-order valence-electron chi connectivity index (χ0n) is 27.0. The second kappa shape index (κ2) is 14.1. The maximum Gasteiger partial charge on any atom is 0.254 e. The summed E-state index contributed by atoms with van der Waals surface area (Å²) in [6, 6.07) is 15.9. The van der Waals surface area contributed by atoms with Gasteiger partial charge in [0, 0.05) is 54.1 Å². The highest BCUT2D eigenvalue weighted by molar-refractivity contribution is 7.09. The topological polar surface area (TPSA) is 98.7 Å². The molecule has 5 rings (SSSR count). The number of nitrogens with one attached hydrogen (secondary N) is 1. The van der Waals surface area contributed by atoms with E-state index in [0.29, 0.717) is 35.3 Å². The quantitative estimate of drug-likeness (QED) is 0.203. The van der Waals surface area contributed by atoms with E-state index in [1.807, 2.05) is 60.5 Å². The Hall–Kier alpha value is -4.15. The number of nitrogens with zero attached hydrogens (tertiary/aromatic N) is 4. The van der Waals surface area contributed by atoms with E-state index in [-0.39, 0.29) is 24.4 Å². The first-order valence-corrected chi connectivity index (χ1v) is 16.5. The van der Waals surface area contributed by atoms with Crippen LogP contribution in [0.1, 0.15) is 80.8 Å². The van der Waals surface area contributed by atoms with E-state index in [0.717, 1.165) is 34.7 Å². The molecule has 3 heterocycles. The van der Waals surface area contributed by atoms with E-state index >= 15 is 0 Å². The average molecular weight is 644 g/mol. The normalized spacial score (nSPS) is 16.2. The number of alkyl halides is 1. The summed E-state index contributed by atoms with van der Waals surface area (Å²) in [6.45, 7) is 7.57. The van der Waals surface area contributed by atoms with Gasteiger partial charge in [-0.25, -0.2) is 9.37 Å². The van der Waals surface area contributed by atoms with Gasteiger partial charge in [-0.05, 0) is 82.3 Å². The highest BCUT2D eigenvalue weighted by Gasteiger charge is 2.33. The van der Waals surface area contributed by atoms with Crippen LogP contribution in [-0.2, 0) is 12.1 Å². The van der Waals surface area contributed by atoms with Crippen molar-refractivity contribution < 1.29 is 19.1 Å². The summed E-state index contributed by atoms with van der Waals surface area (Å²) in [5, 5.41) is 17.5. The minimum absolute atomic E-state index is 0.0711. The number of aromatic nitrogens is 2. The summed E-state index contributed by atoms with van der Waals surface area (Å²) in [6.07, 6.45) is 4.28. The fourth-order valence-electron chi connectivity index (χ4n) is 5.87. The molecule has 8 nitrogen and oxygen atoms in total. The first kappa shape index (κ1) is 33.2. The lowest BCUT2D eigenvalue weighted by atomic mass is 9.99. The molecule has 1 aliphatic heterocycles. The number of carbonyl (C=O) groups is 2. The predicted molar refractivity (Wildman–Crippen MR) is 180 cm³/mol. The van der Waals surface area contributed by atoms with Gasteiger partial charge in [0.25, 0.3) is 11.8 Å². The number of aryl methyl sites for hydroxylation is 2. The fraction of sp³-hybridized carbons (Fsp3) is 0.389. The second-order valence-electron chi connectivity index (χ2n) is 12.7. The number of pyridine rings is 1. The van der Waals surface area contributed by atoms with E-state index in [1.54, 1.807) is 47.7 Å². The number of likely N-dealkylation sites (tertiary alicyclic amines) is 1. The van der Waals surface area contributed by atoms with Crippen molar-refractivity contribution in [3.8, 4) is 0 Å². The molecule has 0 saturated carbocycles. The highest BCUT2D eigenvalue weighted by atomic mass is 32.1. The number of rotatable bonds is 11. The van der Waals surface area contributed by atoms with Crippen molar-refractivity contribution in [2.75, 3.05) is 25.0 Å². The van der Waals surface area contributed by atoms with E-state index in [1.165, 1.54) is 20.0 Å². The Bertz CT molecular complexity index is 1670. The number of benzene rings is 2. The SMILES string of the molecule is Cc1cc(C(=O)N[C@@H](Cc2ccccc2)[C@H](O)CN(C)c2cncc(C(C)(C)F)c2)cc(C(=O)N2CCC[C@@H]2c2nc(C)cs2)c1. The lowest BCUT2D eigenvalue weighted by Crippen LogP contribution is -2.49. The summed E-state index contributed by atoms with van der Waals surface area (Å²) in [5.74, 6) is -0.500. The standard InChI is InChI=1S/C36H42FN5O3S/c1-23-14-26(17-27(15-23)35(45)42-13-9-12-31(42)34-39-24(2)22-46-34)33(44)40-30(16-25-10-7-6-8-11-25)32(43)21-41(5)29-18-28(19-38-20-29)36(3,4)37/h6-8,10-11,14-15,17-20,22,30-32,43H,9,12-13,16,21H2,1-5H3,(H,40,44)/t30-,31+,32+/m0/s1. The van der Waals surface area contributed by atoms with Crippen molar-refractivity contribution in [3.05, 3.63) is 111 Å². The summed E-state index contributed by atoms with van der Waals surface area (Å²) in [7, 11) is 1.80. The van der Waals surface area contributed by atoms with Crippen LogP contribution >= 0.6 is 11.3 Å². The molecular weight excluding hydrogens is 601 g/mol. The zero-order chi connectivity index (χ0) is 33.0. The van der Waals surface area contributed by atoms with Gasteiger partial charge < -0.3 is 20.2 Å². The number of amides is 2. The van der Waals surface area contributed by atoms with Crippen LogP contribution in [0.4, 0.5) is 10.1 Å². The molecule has 46 heavy (non-hydrogen) atoms. The van der Waals surface area contributed by atoms with Crippen LogP contribution in [0.2, 0.25) is 0 Å². The molecule has 2 N–H and O–H groups in total. The van der Waals surface area contributed by atoms with Crippen LogP contribution < -0.4 is 10.2 Å². The van der Waals surface area contributed by atoms with Crippen molar-refractivity contribution in [2.45, 2.75) is 70.8 Å². The number of thiazole rings is 1. The largest absolute Gasteiger partial charge is 0.389 e. The van der Waals surface area contributed by atoms with Crippen LogP contribution in [0.15, 0.2) is 72.4 Å². The van der Waals surface area contributed by atoms with E-state index in [2.05, 4.69) is 15.3 Å². The minimum Gasteiger partial charge on any atom is -0.389 e. The van der Waals surface area contributed by atoms with E-state index < -0.39 is 17.8 Å². The van der Waals surface area contributed by atoms with Gasteiger partial charge in [-0.2, -0.15) is 0 Å². The summed E-state index contributed by atoms with van der Waals surface area (Å²) < 4.78 is 14.6. The Morgan fingerprint density at radius 3 is 2.57 bits per heavy atom. The predicted octanol–water partition coefficient (Wildman–Crippen LogP) is 6.18. The Kier molecular flexibility index (Phi) is 10.2. The number of halogens is 1. The smallest absolute Gasteiger partial charge is 0.254 e. The molecule has 0 aliphatic carbocycles. The summed E-state index contributed by atoms with van der Waals surface area (Å²) >= 11 is 1.57. The molecule has 242 valence electrons. The molecule has 10 heteroatoms. The lowest BCUT2D eigenvalue weighted by Gasteiger charge is -2.30.